The molecule has 0 spiro atoms. The molecule has 0 amide bonds. The van der Waals surface area contributed by atoms with Gasteiger partial charge in [-0.1, -0.05) is 31.4 Å². The van der Waals surface area contributed by atoms with Crippen LogP contribution in [0.5, 0.6) is 0 Å². The molecule has 0 radical (unpaired) electrons. The molecular formula is C16H23N3. The first kappa shape index (κ1) is 12.7. The first-order valence-electron chi connectivity index (χ1n) is 7.54. The third-order valence-corrected chi connectivity index (χ3v) is 4.21. The SMILES string of the molecule is c1ccc2c(c1)ncn2CCNCC1CCCCC1. The highest BCUT2D eigenvalue weighted by molar-refractivity contribution is 5.74. The minimum Gasteiger partial charge on any atom is -0.329 e. The summed E-state index contributed by atoms with van der Waals surface area (Å²) in [5, 5.41) is 3.61. The molecule has 0 aliphatic heterocycles. The summed E-state index contributed by atoms with van der Waals surface area (Å²) in [5.74, 6) is 0.910. The Balaban J connectivity index is 1.47. The van der Waals surface area contributed by atoms with Crippen molar-refractivity contribution in [1.29, 1.82) is 0 Å². The summed E-state index contributed by atoms with van der Waals surface area (Å²) in [6, 6.07) is 8.34. The molecule has 1 heterocycles. The first-order valence-corrected chi connectivity index (χ1v) is 7.54. The average molecular weight is 257 g/mol. The summed E-state index contributed by atoms with van der Waals surface area (Å²) in [6.07, 6.45) is 9.09. The molecule has 102 valence electrons. The highest BCUT2D eigenvalue weighted by atomic mass is 15.1. The number of para-hydroxylation sites is 2. The molecule has 3 heteroatoms. The molecule has 1 aliphatic rings. The van der Waals surface area contributed by atoms with Crippen LogP contribution in [0.4, 0.5) is 0 Å². The van der Waals surface area contributed by atoms with Crippen LogP contribution in [0, 0.1) is 5.92 Å². The number of rotatable bonds is 5. The monoisotopic (exact) mass is 257 g/mol. The van der Waals surface area contributed by atoms with Gasteiger partial charge in [-0.05, 0) is 37.4 Å². The van der Waals surface area contributed by atoms with E-state index in [2.05, 4.69) is 33.1 Å². The molecule has 1 saturated carbocycles. The second kappa shape index (κ2) is 6.20. The number of nitrogens with one attached hydrogen (secondary N) is 1. The van der Waals surface area contributed by atoms with Gasteiger partial charge >= 0.3 is 0 Å². The van der Waals surface area contributed by atoms with Gasteiger partial charge in [0.2, 0.25) is 0 Å². The van der Waals surface area contributed by atoms with Crippen molar-refractivity contribution in [3.63, 3.8) is 0 Å². The number of hydrogen-bond acceptors (Lipinski definition) is 2. The van der Waals surface area contributed by atoms with E-state index in [-0.39, 0.29) is 0 Å². The highest BCUT2D eigenvalue weighted by Crippen LogP contribution is 2.22. The Labute approximate surface area is 115 Å². The fraction of sp³-hybridized carbons (Fsp3) is 0.562. The van der Waals surface area contributed by atoms with Crippen molar-refractivity contribution >= 4 is 11.0 Å². The standard InChI is InChI=1S/C16H23N3/c1-2-6-14(7-3-1)12-17-10-11-19-13-18-15-8-4-5-9-16(15)19/h4-5,8-9,13-14,17H,1-3,6-7,10-12H2. The van der Waals surface area contributed by atoms with Crippen LogP contribution in [0.3, 0.4) is 0 Å². The highest BCUT2D eigenvalue weighted by Gasteiger charge is 2.12. The zero-order chi connectivity index (χ0) is 12.9. The number of nitrogens with zero attached hydrogens (tertiary/aromatic N) is 2. The van der Waals surface area contributed by atoms with Crippen molar-refractivity contribution in [3.8, 4) is 0 Å². The maximum atomic E-state index is 4.42. The van der Waals surface area contributed by atoms with Gasteiger partial charge in [-0.3, -0.25) is 0 Å². The van der Waals surface area contributed by atoms with Gasteiger partial charge in [0.05, 0.1) is 17.4 Å². The Hall–Kier alpha value is -1.35. The Bertz CT molecular complexity index is 511. The van der Waals surface area contributed by atoms with E-state index in [1.165, 1.54) is 44.2 Å². The second-order valence-electron chi connectivity index (χ2n) is 5.63. The molecule has 1 aromatic carbocycles. The van der Waals surface area contributed by atoms with Crippen molar-refractivity contribution in [2.24, 2.45) is 5.92 Å². The van der Waals surface area contributed by atoms with Gasteiger partial charge in [0.1, 0.15) is 0 Å². The summed E-state index contributed by atoms with van der Waals surface area (Å²) >= 11 is 0. The van der Waals surface area contributed by atoms with Crippen LogP contribution in [-0.4, -0.2) is 22.6 Å². The van der Waals surface area contributed by atoms with E-state index in [0.29, 0.717) is 0 Å². The third-order valence-electron chi connectivity index (χ3n) is 4.21. The molecular weight excluding hydrogens is 234 g/mol. The van der Waals surface area contributed by atoms with Gasteiger partial charge in [-0.15, -0.1) is 0 Å². The van der Waals surface area contributed by atoms with Crippen LogP contribution < -0.4 is 5.32 Å². The summed E-state index contributed by atoms with van der Waals surface area (Å²) < 4.78 is 2.24. The Kier molecular flexibility index (Phi) is 4.13. The number of benzene rings is 1. The first-order chi connectivity index (χ1) is 9.43. The fourth-order valence-electron chi connectivity index (χ4n) is 3.09. The molecule has 0 atom stereocenters. The maximum Gasteiger partial charge on any atom is 0.0958 e. The maximum absolute atomic E-state index is 4.42. The molecule has 0 unspecified atom stereocenters. The summed E-state index contributed by atoms with van der Waals surface area (Å²) in [7, 11) is 0. The topological polar surface area (TPSA) is 29.9 Å². The van der Waals surface area contributed by atoms with Gasteiger partial charge in [0.25, 0.3) is 0 Å². The normalized spacial score (nSPS) is 17.1. The Morgan fingerprint density at radius 3 is 2.89 bits per heavy atom. The van der Waals surface area contributed by atoms with E-state index in [0.717, 1.165) is 24.5 Å². The number of imidazole rings is 1. The molecule has 19 heavy (non-hydrogen) atoms. The van der Waals surface area contributed by atoms with E-state index in [9.17, 15) is 0 Å². The quantitative estimate of drug-likeness (QED) is 0.834. The average Bonchev–Trinajstić information content (AvgIpc) is 2.88. The number of fused-ring (bicyclic) bond motifs is 1. The lowest BCUT2D eigenvalue weighted by Crippen LogP contribution is -2.27. The van der Waals surface area contributed by atoms with Crippen LogP contribution in [0.1, 0.15) is 32.1 Å². The van der Waals surface area contributed by atoms with Crippen LogP contribution >= 0.6 is 0 Å². The van der Waals surface area contributed by atoms with Crippen LogP contribution in [0.15, 0.2) is 30.6 Å². The van der Waals surface area contributed by atoms with E-state index < -0.39 is 0 Å². The van der Waals surface area contributed by atoms with Gasteiger partial charge in [0.15, 0.2) is 0 Å². The lowest BCUT2D eigenvalue weighted by molar-refractivity contribution is 0.341. The predicted octanol–water partition coefficient (Wildman–Crippen LogP) is 3.21. The molecule has 2 aromatic rings. The Morgan fingerprint density at radius 2 is 2.00 bits per heavy atom. The minimum absolute atomic E-state index is 0.910. The zero-order valence-corrected chi connectivity index (χ0v) is 11.5. The molecule has 1 fully saturated rings. The molecule has 1 N–H and O–H groups in total. The Morgan fingerprint density at radius 1 is 1.16 bits per heavy atom. The van der Waals surface area contributed by atoms with E-state index >= 15 is 0 Å². The lowest BCUT2D eigenvalue weighted by atomic mass is 9.89. The largest absolute Gasteiger partial charge is 0.329 e. The summed E-state index contributed by atoms with van der Waals surface area (Å²) in [6.45, 7) is 3.23. The third kappa shape index (κ3) is 3.16. The molecule has 1 aromatic heterocycles. The lowest BCUT2D eigenvalue weighted by Gasteiger charge is -2.21. The van der Waals surface area contributed by atoms with Gasteiger partial charge < -0.3 is 9.88 Å². The van der Waals surface area contributed by atoms with Crippen LogP contribution in [0.2, 0.25) is 0 Å². The molecule has 3 nitrogen and oxygen atoms in total. The van der Waals surface area contributed by atoms with Crippen molar-refractivity contribution in [2.75, 3.05) is 13.1 Å². The van der Waals surface area contributed by atoms with E-state index in [1.807, 2.05) is 12.4 Å². The number of aromatic nitrogens is 2. The molecule has 0 saturated heterocycles. The van der Waals surface area contributed by atoms with E-state index in [1.54, 1.807) is 0 Å². The van der Waals surface area contributed by atoms with Crippen molar-refractivity contribution in [1.82, 2.24) is 14.9 Å². The van der Waals surface area contributed by atoms with E-state index in [4.69, 9.17) is 0 Å². The smallest absolute Gasteiger partial charge is 0.0958 e. The molecule has 0 bridgehead atoms. The van der Waals surface area contributed by atoms with Gasteiger partial charge in [0, 0.05) is 13.1 Å². The minimum atomic E-state index is 0.910. The van der Waals surface area contributed by atoms with Crippen LogP contribution in [-0.2, 0) is 6.54 Å². The van der Waals surface area contributed by atoms with Crippen molar-refractivity contribution in [2.45, 2.75) is 38.6 Å². The fourth-order valence-corrected chi connectivity index (χ4v) is 3.09. The second-order valence-corrected chi connectivity index (χ2v) is 5.63. The van der Waals surface area contributed by atoms with Crippen molar-refractivity contribution < 1.29 is 0 Å². The van der Waals surface area contributed by atoms with Crippen LogP contribution in [0.25, 0.3) is 11.0 Å². The molecule has 1 aliphatic carbocycles. The zero-order valence-electron chi connectivity index (χ0n) is 11.5. The number of hydrogen-bond donors (Lipinski definition) is 1. The predicted molar refractivity (Wildman–Crippen MR) is 79.2 cm³/mol. The van der Waals surface area contributed by atoms with Crippen molar-refractivity contribution in [3.05, 3.63) is 30.6 Å². The van der Waals surface area contributed by atoms with Gasteiger partial charge in [-0.2, -0.15) is 0 Å². The van der Waals surface area contributed by atoms with Gasteiger partial charge in [-0.25, -0.2) is 4.98 Å². The summed E-state index contributed by atoms with van der Waals surface area (Å²) in [4.78, 5) is 4.42. The molecule has 3 rings (SSSR count). The summed E-state index contributed by atoms with van der Waals surface area (Å²) in [5.41, 5.74) is 2.33.